The average molecular weight is 369 g/mol. The van der Waals surface area contributed by atoms with E-state index >= 15 is 0 Å². The first kappa shape index (κ1) is 18.7. The molecule has 0 radical (unpaired) electrons. The van der Waals surface area contributed by atoms with Crippen molar-refractivity contribution in [2.24, 2.45) is 14.1 Å². The predicted octanol–water partition coefficient (Wildman–Crippen LogP) is 1.01. The van der Waals surface area contributed by atoms with Gasteiger partial charge in [-0.1, -0.05) is 25.1 Å². The van der Waals surface area contributed by atoms with Crippen LogP contribution in [0.4, 0.5) is 5.69 Å². The van der Waals surface area contributed by atoms with E-state index in [-0.39, 0.29) is 17.7 Å². The number of para-hydroxylation sites is 1. The van der Waals surface area contributed by atoms with Gasteiger partial charge >= 0.3 is 0 Å². The molecule has 142 valence electrons. The first-order chi connectivity index (χ1) is 12.9. The molecule has 8 nitrogen and oxygen atoms in total. The summed E-state index contributed by atoms with van der Waals surface area (Å²) >= 11 is 0. The number of aryl methyl sites for hydroxylation is 1. The van der Waals surface area contributed by atoms with Crippen LogP contribution < -0.4 is 10.9 Å². The fourth-order valence-electron chi connectivity index (χ4n) is 3.11. The van der Waals surface area contributed by atoms with Crippen LogP contribution in [-0.2, 0) is 31.7 Å². The number of nitrogens with one attached hydrogen (secondary N) is 1. The van der Waals surface area contributed by atoms with E-state index in [1.807, 2.05) is 44.3 Å². The standard InChI is InChI=1S/C19H23N5O3/c1-4-15-17(19(27)24(23(15)3)14-8-6-5-7-9-14)21-18(26)16(25)10-13-11-22(2)12-20-13/h5-9,11-12,16,25H,4,10H2,1-3H3,(H,21,26). The Bertz CT molecular complexity index is 1000. The van der Waals surface area contributed by atoms with Gasteiger partial charge in [-0.25, -0.2) is 9.67 Å². The van der Waals surface area contributed by atoms with E-state index in [1.165, 1.54) is 4.68 Å². The zero-order chi connectivity index (χ0) is 19.6. The minimum absolute atomic E-state index is 0.0772. The van der Waals surface area contributed by atoms with Crippen molar-refractivity contribution in [2.45, 2.75) is 25.9 Å². The number of aliphatic hydroxyl groups is 1. The predicted molar refractivity (Wildman–Crippen MR) is 102 cm³/mol. The summed E-state index contributed by atoms with van der Waals surface area (Å²) < 4.78 is 4.96. The Kier molecular flexibility index (Phi) is 5.27. The van der Waals surface area contributed by atoms with E-state index < -0.39 is 12.0 Å². The van der Waals surface area contributed by atoms with Gasteiger partial charge in [-0.2, -0.15) is 0 Å². The molecule has 0 aliphatic carbocycles. The van der Waals surface area contributed by atoms with Crippen molar-refractivity contribution < 1.29 is 9.90 Å². The number of imidazole rings is 1. The summed E-state index contributed by atoms with van der Waals surface area (Å²) in [5.74, 6) is -0.627. The maximum atomic E-state index is 12.9. The van der Waals surface area contributed by atoms with Gasteiger partial charge in [0.25, 0.3) is 11.5 Å². The SMILES string of the molecule is CCc1c(NC(=O)C(O)Cc2cn(C)cn2)c(=O)n(-c2ccccc2)n1C. The first-order valence-electron chi connectivity index (χ1n) is 8.74. The van der Waals surface area contributed by atoms with Crippen molar-refractivity contribution in [3.63, 3.8) is 0 Å². The molecule has 2 N–H and O–H groups in total. The fourth-order valence-corrected chi connectivity index (χ4v) is 3.11. The molecular weight excluding hydrogens is 346 g/mol. The van der Waals surface area contributed by atoms with Crippen molar-refractivity contribution >= 4 is 11.6 Å². The van der Waals surface area contributed by atoms with Crippen LogP contribution in [0.15, 0.2) is 47.7 Å². The molecule has 0 spiro atoms. The summed E-state index contributed by atoms with van der Waals surface area (Å²) in [7, 11) is 3.58. The molecule has 2 aromatic heterocycles. The highest BCUT2D eigenvalue weighted by molar-refractivity contribution is 5.94. The van der Waals surface area contributed by atoms with E-state index in [0.29, 0.717) is 23.5 Å². The van der Waals surface area contributed by atoms with Crippen LogP contribution in [0.5, 0.6) is 0 Å². The molecule has 3 aromatic rings. The molecule has 3 rings (SSSR count). The second kappa shape index (κ2) is 7.63. The van der Waals surface area contributed by atoms with Gasteiger partial charge in [-0.15, -0.1) is 0 Å². The van der Waals surface area contributed by atoms with Gasteiger partial charge in [-0.05, 0) is 18.6 Å². The summed E-state index contributed by atoms with van der Waals surface area (Å²) in [6.45, 7) is 1.91. The number of nitrogens with zero attached hydrogens (tertiary/aromatic N) is 4. The molecule has 2 heterocycles. The van der Waals surface area contributed by atoms with Crippen LogP contribution in [-0.4, -0.2) is 36.0 Å². The number of rotatable bonds is 6. The number of aromatic nitrogens is 4. The maximum Gasteiger partial charge on any atom is 0.295 e. The summed E-state index contributed by atoms with van der Waals surface area (Å²) in [5, 5.41) is 12.8. The molecule has 1 atom stereocenters. The lowest BCUT2D eigenvalue weighted by atomic mass is 10.2. The third-order valence-electron chi connectivity index (χ3n) is 4.43. The van der Waals surface area contributed by atoms with Crippen LogP contribution in [0, 0.1) is 0 Å². The quantitative estimate of drug-likeness (QED) is 0.678. The van der Waals surface area contributed by atoms with Crippen LogP contribution in [0.25, 0.3) is 5.69 Å². The van der Waals surface area contributed by atoms with Crippen LogP contribution in [0.2, 0.25) is 0 Å². The third-order valence-corrected chi connectivity index (χ3v) is 4.43. The number of aliphatic hydroxyl groups excluding tert-OH is 1. The van der Waals surface area contributed by atoms with Gasteiger partial charge in [-0.3, -0.25) is 14.3 Å². The minimum Gasteiger partial charge on any atom is -0.383 e. The van der Waals surface area contributed by atoms with Crippen molar-refractivity contribution in [3.05, 3.63) is 64.6 Å². The third kappa shape index (κ3) is 3.70. The second-order valence-corrected chi connectivity index (χ2v) is 6.39. The Morgan fingerprint density at radius 3 is 2.56 bits per heavy atom. The summed E-state index contributed by atoms with van der Waals surface area (Å²) in [5.41, 5.74) is 1.84. The molecule has 0 aliphatic rings. The summed E-state index contributed by atoms with van der Waals surface area (Å²) in [4.78, 5) is 29.5. The van der Waals surface area contributed by atoms with Crippen LogP contribution >= 0.6 is 0 Å². The van der Waals surface area contributed by atoms with Crippen LogP contribution in [0.3, 0.4) is 0 Å². The minimum atomic E-state index is -1.30. The summed E-state index contributed by atoms with van der Waals surface area (Å²) in [6, 6.07) is 9.20. The highest BCUT2D eigenvalue weighted by atomic mass is 16.3. The zero-order valence-corrected chi connectivity index (χ0v) is 15.6. The lowest BCUT2D eigenvalue weighted by molar-refractivity contribution is -0.124. The van der Waals surface area contributed by atoms with Gasteiger partial charge in [0.2, 0.25) is 0 Å². The highest BCUT2D eigenvalue weighted by Gasteiger charge is 2.23. The largest absolute Gasteiger partial charge is 0.383 e. The van der Waals surface area contributed by atoms with Gasteiger partial charge < -0.3 is 15.0 Å². The molecule has 0 aliphatic heterocycles. The number of carbonyl (C=O) groups excluding carboxylic acids is 1. The number of benzene rings is 1. The van der Waals surface area contributed by atoms with E-state index in [2.05, 4.69) is 10.3 Å². The number of hydrogen-bond donors (Lipinski definition) is 2. The lowest BCUT2D eigenvalue weighted by Gasteiger charge is -2.10. The zero-order valence-electron chi connectivity index (χ0n) is 15.6. The Labute approximate surface area is 156 Å². The maximum absolute atomic E-state index is 12.9. The monoisotopic (exact) mass is 369 g/mol. The number of hydrogen-bond acceptors (Lipinski definition) is 4. The van der Waals surface area contributed by atoms with E-state index in [1.54, 1.807) is 28.8 Å². The Morgan fingerprint density at radius 1 is 1.26 bits per heavy atom. The molecule has 0 saturated carbocycles. The molecule has 0 fully saturated rings. The second-order valence-electron chi connectivity index (χ2n) is 6.39. The van der Waals surface area contributed by atoms with Crippen molar-refractivity contribution in [3.8, 4) is 5.69 Å². The topological polar surface area (TPSA) is 94.1 Å². The first-order valence-corrected chi connectivity index (χ1v) is 8.74. The van der Waals surface area contributed by atoms with E-state index in [0.717, 1.165) is 0 Å². The number of carbonyl (C=O) groups is 1. The average Bonchev–Trinajstić information content (AvgIpc) is 3.16. The molecular formula is C19H23N5O3. The normalized spacial score (nSPS) is 12.1. The Morgan fingerprint density at radius 2 is 1.96 bits per heavy atom. The molecule has 1 unspecified atom stereocenters. The van der Waals surface area contributed by atoms with Gasteiger partial charge in [0.05, 0.1) is 23.4 Å². The molecule has 27 heavy (non-hydrogen) atoms. The van der Waals surface area contributed by atoms with Gasteiger partial charge in [0.1, 0.15) is 11.8 Å². The molecule has 1 aromatic carbocycles. The Balaban J connectivity index is 1.88. The van der Waals surface area contributed by atoms with Gasteiger partial charge in [0, 0.05) is 26.7 Å². The van der Waals surface area contributed by atoms with Crippen molar-refractivity contribution in [2.75, 3.05) is 5.32 Å². The van der Waals surface area contributed by atoms with Crippen molar-refractivity contribution in [1.29, 1.82) is 0 Å². The molecule has 0 saturated heterocycles. The fraction of sp³-hybridized carbons (Fsp3) is 0.316. The molecule has 0 bridgehead atoms. The number of amides is 1. The number of anilines is 1. The lowest BCUT2D eigenvalue weighted by Crippen LogP contribution is -2.32. The molecule has 1 amide bonds. The molecule has 8 heteroatoms. The van der Waals surface area contributed by atoms with Crippen molar-refractivity contribution in [1.82, 2.24) is 18.9 Å². The highest BCUT2D eigenvalue weighted by Crippen LogP contribution is 2.16. The smallest absolute Gasteiger partial charge is 0.295 e. The summed E-state index contributed by atoms with van der Waals surface area (Å²) in [6.07, 6.45) is 2.67. The van der Waals surface area contributed by atoms with Gasteiger partial charge in [0.15, 0.2) is 0 Å². The van der Waals surface area contributed by atoms with Crippen LogP contribution in [0.1, 0.15) is 18.3 Å². The van der Waals surface area contributed by atoms with E-state index in [4.69, 9.17) is 0 Å². The van der Waals surface area contributed by atoms with E-state index in [9.17, 15) is 14.7 Å². The Hall–Kier alpha value is -3.13.